The van der Waals surface area contributed by atoms with Gasteiger partial charge in [-0.05, 0) is 83.7 Å². The van der Waals surface area contributed by atoms with Crippen LogP contribution < -0.4 is 4.72 Å². The number of hydrogen-bond donors (Lipinski definition) is 1. The van der Waals surface area contributed by atoms with E-state index in [1.54, 1.807) is 61.7 Å². The average Bonchev–Trinajstić information content (AvgIpc) is 3.73. The van der Waals surface area contributed by atoms with Gasteiger partial charge in [-0.3, -0.25) is 14.5 Å². The monoisotopic (exact) mass is 721 g/mol. The molecule has 3 atom stereocenters. The lowest BCUT2D eigenvalue weighted by Gasteiger charge is -2.32. The Morgan fingerprint density at radius 3 is 2.14 bits per heavy atom. The molecule has 2 aromatic heterocycles. The number of pyridine rings is 1. The molecular formula is C34H46F3N5O5SSi. The summed E-state index contributed by atoms with van der Waals surface area (Å²) < 4.78 is 70.4. The number of ether oxygens (including phenoxy) is 2. The predicted molar refractivity (Wildman–Crippen MR) is 184 cm³/mol. The summed E-state index contributed by atoms with van der Waals surface area (Å²) in [5.74, 6) is -0.480. The molecule has 3 heterocycles. The summed E-state index contributed by atoms with van der Waals surface area (Å²) in [6.07, 6.45) is -3.02. The van der Waals surface area contributed by atoms with Crippen LogP contribution in [-0.4, -0.2) is 73.6 Å². The van der Waals surface area contributed by atoms with Crippen molar-refractivity contribution in [3.8, 4) is 0 Å². The molecule has 0 saturated heterocycles. The quantitative estimate of drug-likeness (QED) is 0.0823. The van der Waals surface area contributed by atoms with Crippen molar-refractivity contribution >= 4 is 42.4 Å². The fourth-order valence-corrected chi connectivity index (χ4v) is 6.98. The lowest BCUT2D eigenvalue weighted by Crippen LogP contribution is -2.47. The number of fused-ring (bicyclic) bond motifs is 2. The van der Waals surface area contributed by atoms with Crippen molar-refractivity contribution in [1.82, 2.24) is 24.2 Å². The number of aromatic nitrogens is 3. The van der Waals surface area contributed by atoms with E-state index in [9.17, 15) is 27.3 Å². The molecule has 15 heteroatoms. The average molecular weight is 722 g/mol. The van der Waals surface area contributed by atoms with Crippen LogP contribution in [0.3, 0.4) is 0 Å². The van der Waals surface area contributed by atoms with E-state index in [4.69, 9.17) is 19.4 Å². The van der Waals surface area contributed by atoms with Crippen LogP contribution in [0, 0.1) is 5.92 Å². The summed E-state index contributed by atoms with van der Waals surface area (Å²) in [5.41, 5.74) is -0.514. The van der Waals surface area contributed by atoms with E-state index in [1.807, 2.05) is 0 Å². The van der Waals surface area contributed by atoms with Crippen molar-refractivity contribution in [2.75, 3.05) is 13.2 Å². The predicted octanol–water partition coefficient (Wildman–Crippen LogP) is 6.94. The molecule has 1 N–H and O–H groups in total. The zero-order valence-corrected chi connectivity index (χ0v) is 31.1. The number of imide groups is 1. The molecular weight excluding hydrogens is 676 g/mol. The molecule has 2 amide bonds. The first-order chi connectivity index (χ1) is 22.7. The molecule has 268 valence electrons. The van der Waals surface area contributed by atoms with Gasteiger partial charge >= 0.3 is 6.18 Å². The number of nitrogens with one attached hydrogen (secondary N) is 1. The second-order valence-corrected chi connectivity index (χ2v) is 23.1. The minimum absolute atomic E-state index is 0.0186. The Hall–Kier alpha value is -2.82. The summed E-state index contributed by atoms with van der Waals surface area (Å²) >= 11 is -1.71. The maximum atomic E-state index is 13.8. The second kappa shape index (κ2) is 13.7. The normalized spacial score (nSPS) is 17.9. The molecule has 1 unspecified atom stereocenters. The van der Waals surface area contributed by atoms with Gasteiger partial charge in [0.15, 0.2) is 11.2 Å². The second-order valence-electron chi connectivity index (χ2n) is 15.5. The highest BCUT2D eigenvalue weighted by Gasteiger charge is 2.50. The molecule has 49 heavy (non-hydrogen) atoms. The highest BCUT2D eigenvalue weighted by Crippen LogP contribution is 2.47. The first-order valence-corrected chi connectivity index (χ1v) is 21.4. The van der Waals surface area contributed by atoms with Crippen LogP contribution in [0.5, 0.6) is 0 Å². The van der Waals surface area contributed by atoms with E-state index in [0.717, 1.165) is 32.7 Å². The molecule has 1 aliphatic heterocycles. The van der Waals surface area contributed by atoms with Gasteiger partial charge in [-0.15, -0.1) is 4.72 Å². The summed E-state index contributed by atoms with van der Waals surface area (Å²) in [7, 11) is -1.44. The van der Waals surface area contributed by atoms with Crippen molar-refractivity contribution in [1.29, 1.82) is 0 Å². The van der Waals surface area contributed by atoms with Crippen molar-refractivity contribution in [2.45, 2.75) is 108 Å². The smallest absolute Gasteiger partial charge is 0.416 e. The summed E-state index contributed by atoms with van der Waals surface area (Å²) in [6, 6.07) is 9.50. The van der Waals surface area contributed by atoms with Gasteiger partial charge < -0.3 is 18.6 Å². The number of rotatable bonds is 14. The zero-order chi connectivity index (χ0) is 36.1. The molecule has 0 radical (unpaired) electrons. The Morgan fingerprint density at radius 2 is 1.61 bits per heavy atom. The first kappa shape index (κ1) is 37.4. The van der Waals surface area contributed by atoms with E-state index in [2.05, 4.69) is 24.4 Å². The molecule has 1 aliphatic carbocycles. The molecule has 0 bridgehead atoms. The van der Waals surface area contributed by atoms with Crippen LogP contribution in [-0.2, 0) is 27.6 Å². The zero-order valence-electron chi connectivity index (χ0n) is 29.3. The maximum absolute atomic E-state index is 13.8. The number of imidazole rings is 1. The van der Waals surface area contributed by atoms with E-state index >= 15 is 0 Å². The molecule has 5 rings (SSSR count). The van der Waals surface area contributed by atoms with E-state index in [1.165, 1.54) is 4.90 Å². The molecule has 2 aliphatic rings. The van der Waals surface area contributed by atoms with Gasteiger partial charge in [0.2, 0.25) is 0 Å². The lowest BCUT2D eigenvalue weighted by atomic mass is 10.1. The first-order valence-electron chi connectivity index (χ1n) is 16.5. The number of benzene rings is 1. The number of carbonyl (C=O) groups is 2. The van der Waals surface area contributed by atoms with Gasteiger partial charge in [0.25, 0.3) is 11.8 Å². The topological polar surface area (TPSA) is 122 Å². The molecule has 1 saturated carbocycles. The Kier molecular flexibility index (Phi) is 10.5. The van der Waals surface area contributed by atoms with Crippen LogP contribution in [0.4, 0.5) is 13.2 Å². The lowest BCUT2D eigenvalue weighted by molar-refractivity contribution is -0.265. The largest absolute Gasteiger partial charge is 0.598 e. The minimum Gasteiger partial charge on any atom is -0.598 e. The summed E-state index contributed by atoms with van der Waals surface area (Å²) in [5, 5.41) is 0. The van der Waals surface area contributed by atoms with Crippen molar-refractivity contribution < 1.29 is 36.8 Å². The Morgan fingerprint density at radius 1 is 1.00 bits per heavy atom. The van der Waals surface area contributed by atoms with Gasteiger partial charge in [0.05, 0.1) is 35.0 Å². The Balaban J connectivity index is 1.56. The van der Waals surface area contributed by atoms with Crippen LogP contribution in [0.1, 0.15) is 91.8 Å². The highest BCUT2D eigenvalue weighted by molar-refractivity contribution is 7.90. The standard InChI is InChI=1S/C34H46F3N5O5SSi/c1-32(2,3)48(45)40-25(19-47-33(4,5)34(35,36)37)29-39-28-26(41(29)20-46-17-18-49(6,7)8)16-15-24(38-28)27(21-13-14-21)42-30(43)22-11-9-10-12-23(22)31(42)44/h9-12,15-16,21,25,27,40H,13-14,17-20H2,1-8H3/t25-,27+,48?/m0/s1. The third-order valence-corrected chi connectivity index (χ3v) is 12.1. The molecule has 1 fully saturated rings. The van der Waals surface area contributed by atoms with Crippen LogP contribution in [0.15, 0.2) is 36.4 Å². The molecule has 0 spiro atoms. The molecule has 3 aromatic rings. The number of carbonyl (C=O) groups excluding carboxylic acids is 2. The van der Waals surface area contributed by atoms with Gasteiger partial charge in [0, 0.05) is 26.0 Å². The van der Waals surface area contributed by atoms with E-state index in [-0.39, 0.29) is 35.9 Å². The summed E-state index contributed by atoms with van der Waals surface area (Å²) in [6.45, 7) is 13.8. The van der Waals surface area contributed by atoms with Crippen LogP contribution >= 0.6 is 0 Å². The molecule has 1 aromatic carbocycles. The fourth-order valence-electron chi connectivity index (χ4n) is 5.44. The van der Waals surface area contributed by atoms with Gasteiger partial charge in [-0.25, -0.2) is 9.97 Å². The fraction of sp³-hybridized carbons (Fsp3) is 0.588. The van der Waals surface area contributed by atoms with E-state index < -0.39 is 54.7 Å². The number of alkyl halides is 3. The van der Waals surface area contributed by atoms with Gasteiger partial charge in [-0.2, -0.15) is 13.2 Å². The number of halogens is 3. The Bertz CT molecular complexity index is 1660. The molecule has 10 nitrogen and oxygen atoms in total. The third kappa shape index (κ3) is 8.23. The van der Waals surface area contributed by atoms with Crippen molar-refractivity contribution in [3.05, 3.63) is 59.0 Å². The van der Waals surface area contributed by atoms with Crippen LogP contribution in [0.2, 0.25) is 25.7 Å². The minimum atomic E-state index is -4.65. The third-order valence-electron chi connectivity index (χ3n) is 8.77. The highest BCUT2D eigenvalue weighted by atomic mass is 32.2. The van der Waals surface area contributed by atoms with Gasteiger partial charge in [-0.1, -0.05) is 31.8 Å². The van der Waals surface area contributed by atoms with Crippen molar-refractivity contribution in [2.24, 2.45) is 5.92 Å². The summed E-state index contributed by atoms with van der Waals surface area (Å²) in [4.78, 5) is 38.0. The van der Waals surface area contributed by atoms with Crippen molar-refractivity contribution in [3.63, 3.8) is 0 Å². The van der Waals surface area contributed by atoms with Gasteiger partial charge in [0.1, 0.15) is 23.3 Å². The number of nitrogens with zero attached hydrogens (tertiary/aromatic N) is 4. The Labute approximate surface area is 289 Å². The van der Waals surface area contributed by atoms with E-state index in [0.29, 0.717) is 28.9 Å². The SMILES string of the molecule is CC(C)(C)[S+]([O-])N[C@@H](COC(C)(C)C(F)(F)F)c1nc2nc([C@@H](C3CC3)N3C(=O)c4ccccc4C3=O)ccc2n1COCC[Si](C)(C)C. The number of amides is 2. The van der Waals surface area contributed by atoms with Crippen LogP contribution in [0.25, 0.3) is 11.2 Å². The maximum Gasteiger partial charge on any atom is 0.416 e. The number of hydrogen-bond acceptors (Lipinski definition) is 8.